The molecule has 0 radical (unpaired) electrons. The number of likely N-dealkylation sites (tertiary alicyclic amines) is 1. The molecule has 2 fully saturated rings. The summed E-state index contributed by atoms with van der Waals surface area (Å²) in [6, 6.07) is 11.3. The summed E-state index contributed by atoms with van der Waals surface area (Å²) in [5, 5.41) is 6.35. The van der Waals surface area contributed by atoms with E-state index in [4.69, 9.17) is 10.5 Å². The molecule has 9 nitrogen and oxygen atoms in total. The maximum absolute atomic E-state index is 13.5. The Labute approximate surface area is 228 Å². The van der Waals surface area contributed by atoms with Gasteiger partial charge < -0.3 is 15.4 Å². The third-order valence-corrected chi connectivity index (χ3v) is 8.32. The van der Waals surface area contributed by atoms with Gasteiger partial charge in [-0.1, -0.05) is 0 Å². The molecule has 2 amide bonds. The van der Waals surface area contributed by atoms with Crippen LogP contribution in [0.2, 0.25) is 0 Å². The van der Waals surface area contributed by atoms with Crippen LogP contribution in [0.4, 0.5) is 4.39 Å². The topological polar surface area (TPSA) is 116 Å². The van der Waals surface area contributed by atoms with E-state index in [1.165, 1.54) is 23.5 Å². The van der Waals surface area contributed by atoms with Crippen LogP contribution in [0.3, 0.4) is 0 Å². The monoisotopic (exact) mass is 546 g/mol. The number of nitrogens with two attached hydrogens (primary N) is 1. The molecule has 1 aromatic carbocycles. The highest BCUT2D eigenvalue weighted by atomic mass is 32.1. The van der Waals surface area contributed by atoms with Crippen LogP contribution in [0.1, 0.15) is 29.9 Å². The highest BCUT2D eigenvalue weighted by Gasteiger charge is 2.59. The number of pyridine rings is 1. The molecular formula is C28H27FN6O3S. The molecule has 1 saturated carbocycles. The zero-order valence-electron chi connectivity index (χ0n) is 21.7. The summed E-state index contributed by atoms with van der Waals surface area (Å²) < 4.78 is 21.4. The molecule has 0 bridgehead atoms. The number of fused-ring (bicyclic) bond motifs is 1. The molecule has 1 aliphatic heterocycles. The smallest absolute Gasteiger partial charge is 0.272 e. The largest absolute Gasteiger partial charge is 0.474 e. The van der Waals surface area contributed by atoms with Gasteiger partial charge in [0.25, 0.3) is 5.91 Å². The van der Waals surface area contributed by atoms with Crippen LogP contribution in [-0.2, 0) is 17.3 Å². The number of piperidine rings is 1. The number of halogens is 1. The van der Waals surface area contributed by atoms with Crippen LogP contribution in [0.15, 0.2) is 53.4 Å². The van der Waals surface area contributed by atoms with Crippen molar-refractivity contribution in [3.05, 3.63) is 70.4 Å². The molecule has 3 atom stereocenters. The van der Waals surface area contributed by atoms with Crippen LogP contribution in [-0.4, -0.2) is 55.7 Å². The predicted octanol–water partition coefficient (Wildman–Crippen LogP) is 3.66. The third kappa shape index (κ3) is 4.56. The molecule has 4 heterocycles. The average molecular weight is 547 g/mol. The van der Waals surface area contributed by atoms with E-state index in [1.54, 1.807) is 61.4 Å². The van der Waals surface area contributed by atoms with Gasteiger partial charge in [0.2, 0.25) is 11.8 Å². The average Bonchev–Trinajstić information content (AvgIpc) is 3.42. The van der Waals surface area contributed by atoms with Crippen LogP contribution in [0.25, 0.3) is 22.6 Å². The molecule has 2 N–H and O–H groups in total. The minimum atomic E-state index is -0.959. The van der Waals surface area contributed by atoms with E-state index in [0.717, 1.165) is 5.69 Å². The fourth-order valence-electron chi connectivity index (χ4n) is 5.08. The normalized spacial score (nSPS) is 20.1. The Kier molecular flexibility index (Phi) is 5.98. The lowest BCUT2D eigenvalue weighted by atomic mass is 9.83. The number of primary amides is 1. The molecule has 6 rings (SSSR count). The first kappa shape index (κ1) is 25.2. The maximum atomic E-state index is 13.5. The predicted molar refractivity (Wildman–Crippen MR) is 143 cm³/mol. The number of thiazole rings is 1. The molecule has 1 saturated heterocycles. The van der Waals surface area contributed by atoms with Crippen molar-refractivity contribution >= 4 is 23.2 Å². The summed E-state index contributed by atoms with van der Waals surface area (Å²) in [7, 11) is 1.76. The van der Waals surface area contributed by atoms with Gasteiger partial charge in [0.15, 0.2) is 0 Å². The quantitative estimate of drug-likeness (QED) is 0.378. The molecule has 0 spiro atoms. The number of ether oxygens (including phenoxy) is 1. The van der Waals surface area contributed by atoms with Gasteiger partial charge in [-0.25, -0.2) is 14.4 Å². The van der Waals surface area contributed by atoms with Gasteiger partial charge >= 0.3 is 0 Å². The van der Waals surface area contributed by atoms with Crippen LogP contribution < -0.4 is 10.5 Å². The molecule has 11 heteroatoms. The van der Waals surface area contributed by atoms with Crippen molar-refractivity contribution in [2.45, 2.75) is 25.4 Å². The second kappa shape index (κ2) is 9.26. The Bertz CT molecular complexity index is 1550. The molecule has 4 aromatic rings. The first-order chi connectivity index (χ1) is 18.6. The van der Waals surface area contributed by atoms with Gasteiger partial charge in [-0.3, -0.25) is 14.3 Å². The number of benzene rings is 1. The highest BCUT2D eigenvalue weighted by molar-refractivity contribution is 7.07. The molecular weight excluding hydrogens is 519 g/mol. The van der Waals surface area contributed by atoms with Gasteiger partial charge in [0.1, 0.15) is 29.0 Å². The second-order valence-corrected chi connectivity index (χ2v) is 11.3. The maximum Gasteiger partial charge on any atom is 0.272 e. The second-order valence-electron chi connectivity index (χ2n) is 10.6. The van der Waals surface area contributed by atoms with E-state index in [0.29, 0.717) is 47.2 Å². The fraction of sp³-hybridized carbons (Fsp3) is 0.321. The van der Waals surface area contributed by atoms with E-state index in [-0.39, 0.29) is 29.7 Å². The van der Waals surface area contributed by atoms with Gasteiger partial charge in [-0.2, -0.15) is 5.10 Å². The van der Waals surface area contributed by atoms with Gasteiger partial charge in [-0.05, 0) is 55.8 Å². The van der Waals surface area contributed by atoms with Gasteiger partial charge in [-0.15, -0.1) is 11.3 Å². The van der Waals surface area contributed by atoms with E-state index in [9.17, 15) is 14.0 Å². The summed E-state index contributed by atoms with van der Waals surface area (Å²) in [6.45, 7) is 4.64. The molecule has 2 aliphatic rings. The van der Waals surface area contributed by atoms with Crippen LogP contribution >= 0.6 is 11.3 Å². The SMILES string of the molecule is Cn1nc(-c2cscn2)cc1C(=O)N1C[C@@H]2C(Oc3cc(C(C)(C)C(N)=O)cc(-c4ccc(F)cc4)n3)[C@@H]2C1. The number of rotatable bonds is 7. The summed E-state index contributed by atoms with van der Waals surface area (Å²) >= 11 is 1.48. The summed E-state index contributed by atoms with van der Waals surface area (Å²) in [5.41, 5.74) is 10.3. The number of carbonyl (C=O) groups excluding carboxylic acids is 2. The van der Waals surface area contributed by atoms with Gasteiger partial charge in [0.05, 0.1) is 16.6 Å². The van der Waals surface area contributed by atoms with Gasteiger partial charge in [0, 0.05) is 49.0 Å². The van der Waals surface area contributed by atoms with Crippen molar-refractivity contribution < 1.29 is 18.7 Å². The number of aromatic nitrogens is 4. The van der Waals surface area contributed by atoms with E-state index in [2.05, 4.69) is 15.1 Å². The lowest BCUT2D eigenvalue weighted by Gasteiger charge is -2.23. The molecule has 3 aromatic heterocycles. The van der Waals surface area contributed by atoms with Crippen molar-refractivity contribution in [1.82, 2.24) is 24.6 Å². The highest BCUT2D eigenvalue weighted by Crippen LogP contribution is 2.48. The van der Waals surface area contributed by atoms with Crippen molar-refractivity contribution in [3.8, 4) is 28.5 Å². The van der Waals surface area contributed by atoms with Crippen molar-refractivity contribution in [2.75, 3.05) is 13.1 Å². The fourth-order valence-corrected chi connectivity index (χ4v) is 5.63. The van der Waals surface area contributed by atoms with Crippen LogP contribution in [0, 0.1) is 17.7 Å². The lowest BCUT2D eigenvalue weighted by Crippen LogP contribution is -2.35. The zero-order valence-corrected chi connectivity index (χ0v) is 22.5. The first-order valence-electron chi connectivity index (χ1n) is 12.6. The Hall–Kier alpha value is -4.12. The molecule has 200 valence electrons. The number of hydrogen-bond acceptors (Lipinski definition) is 7. The molecule has 1 unspecified atom stereocenters. The van der Waals surface area contributed by atoms with Crippen molar-refractivity contribution in [1.29, 1.82) is 0 Å². The summed E-state index contributed by atoms with van der Waals surface area (Å²) in [4.78, 5) is 36.2. The number of hydrogen-bond donors (Lipinski definition) is 1. The Morgan fingerprint density at radius 2 is 1.79 bits per heavy atom. The summed E-state index contributed by atoms with van der Waals surface area (Å²) in [6.07, 6.45) is -0.0911. The Balaban J connectivity index is 1.18. The van der Waals surface area contributed by atoms with E-state index < -0.39 is 11.3 Å². The number of nitrogens with zero attached hydrogens (tertiary/aromatic N) is 5. The Morgan fingerprint density at radius 1 is 1.08 bits per heavy atom. The standard InChI is InChI=1S/C28H27FN6O3S/c1-28(2,27(30)37)16-8-20(15-4-6-17(29)7-5-15)32-24(9-16)38-25-18-11-35(12-19(18)25)26(36)23-10-21(33-34(23)3)22-13-39-14-31-22/h4-10,13-14,18-19,25H,11-12H2,1-3H3,(H2,30,37)/t18-,19+,25?. The number of aryl methyl sites for hydroxylation is 1. The number of amides is 2. The van der Waals surface area contributed by atoms with E-state index >= 15 is 0 Å². The third-order valence-electron chi connectivity index (χ3n) is 7.73. The lowest BCUT2D eigenvalue weighted by molar-refractivity contribution is -0.122. The Morgan fingerprint density at radius 3 is 2.44 bits per heavy atom. The summed E-state index contributed by atoms with van der Waals surface area (Å²) in [5.74, 6) is -0.153. The zero-order chi connectivity index (χ0) is 27.5. The molecule has 1 aliphatic carbocycles. The van der Waals surface area contributed by atoms with Crippen molar-refractivity contribution in [2.24, 2.45) is 24.6 Å². The minimum Gasteiger partial charge on any atom is -0.474 e. The first-order valence-corrected chi connectivity index (χ1v) is 13.5. The number of carbonyl (C=O) groups is 2. The van der Waals surface area contributed by atoms with Crippen LogP contribution in [0.5, 0.6) is 5.88 Å². The minimum absolute atomic E-state index is 0.0700. The van der Waals surface area contributed by atoms with E-state index in [1.807, 2.05) is 10.3 Å². The molecule has 39 heavy (non-hydrogen) atoms. The van der Waals surface area contributed by atoms with Crippen molar-refractivity contribution in [3.63, 3.8) is 0 Å².